The second-order valence-corrected chi connectivity index (χ2v) is 11.0. The minimum atomic E-state index is -1.11. The van der Waals surface area contributed by atoms with Crippen molar-refractivity contribution in [3.63, 3.8) is 0 Å². The van der Waals surface area contributed by atoms with Gasteiger partial charge in [0, 0.05) is 59.0 Å². The summed E-state index contributed by atoms with van der Waals surface area (Å²) in [5.74, 6) is -2.46. The molecule has 2 aromatic heterocycles. The molecule has 4 aromatic rings. The van der Waals surface area contributed by atoms with Gasteiger partial charge in [0.1, 0.15) is 29.9 Å². The molecule has 0 amide bonds. The lowest BCUT2D eigenvalue weighted by molar-refractivity contribution is 0.0697. The predicted octanol–water partition coefficient (Wildman–Crippen LogP) is 7.19. The molecular formula is C29H25ClF3N3O4S. The summed E-state index contributed by atoms with van der Waals surface area (Å²) in [6.07, 6.45) is 1.04. The molecule has 0 radical (unpaired) electrons. The van der Waals surface area contributed by atoms with Gasteiger partial charge in [-0.2, -0.15) is 4.37 Å². The maximum absolute atomic E-state index is 15.7. The second kappa shape index (κ2) is 11.7. The fourth-order valence-corrected chi connectivity index (χ4v) is 5.79. The number of nitrogens with zero attached hydrogens (tertiary/aromatic N) is 3. The number of carbonyl (C=O) groups is 1. The average Bonchev–Trinajstić information content (AvgIpc) is 3.53. The highest BCUT2D eigenvalue weighted by molar-refractivity contribution is 7.03. The average molecular weight is 604 g/mol. The molecule has 1 aliphatic carbocycles. The molecule has 2 aromatic carbocycles. The highest BCUT2D eigenvalue weighted by Gasteiger charge is 2.37. The van der Waals surface area contributed by atoms with Gasteiger partial charge in [0.25, 0.3) is 0 Å². The molecule has 2 heterocycles. The standard InChI is InChI=1S/C29H25ClF3N3O4S/c1-29(20-15-41-35-27(20)40-14-17-3-5-18(30)10-21(17)31)12-22(32)19(23(33)13-29)11-26-34-24-6-4-16(28(37)38)9-25(24)36(26)7-8-39-2/h3-6,9-10,12,15H,7-8,11,13-14H2,1-2H3,(H,37,38). The van der Waals surface area contributed by atoms with Crippen molar-refractivity contribution in [1.29, 1.82) is 0 Å². The molecule has 0 saturated carbocycles. The Kier molecular flexibility index (Phi) is 8.21. The van der Waals surface area contributed by atoms with E-state index in [4.69, 9.17) is 21.1 Å². The molecule has 214 valence electrons. The van der Waals surface area contributed by atoms with Crippen LogP contribution in [0.1, 0.15) is 40.7 Å². The van der Waals surface area contributed by atoms with Gasteiger partial charge in [0.2, 0.25) is 5.88 Å². The lowest BCUT2D eigenvalue weighted by Gasteiger charge is -2.30. The Balaban J connectivity index is 1.41. The first-order valence-corrected chi connectivity index (χ1v) is 13.8. The van der Waals surface area contributed by atoms with Crippen LogP contribution in [0.15, 0.2) is 65.1 Å². The van der Waals surface area contributed by atoms with Gasteiger partial charge in [-0.3, -0.25) is 0 Å². The Labute approximate surface area is 242 Å². The van der Waals surface area contributed by atoms with E-state index in [2.05, 4.69) is 9.36 Å². The summed E-state index contributed by atoms with van der Waals surface area (Å²) in [6.45, 7) is 2.16. The first-order valence-electron chi connectivity index (χ1n) is 12.6. The first-order chi connectivity index (χ1) is 19.6. The van der Waals surface area contributed by atoms with E-state index in [1.54, 1.807) is 29.0 Å². The molecule has 1 aliphatic rings. The summed E-state index contributed by atoms with van der Waals surface area (Å²) >= 11 is 6.89. The molecule has 0 aliphatic heterocycles. The van der Waals surface area contributed by atoms with Crippen LogP contribution in [-0.4, -0.2) is 38.7 Å². The second-order valence-electron chi connectivity index (χ2n) is 9.89. The Morgan fingerprint density at radius 2 is 2.02 bits per heavy atom. The third-order valence-electron chi connectivity index (χ3n) is 7.04. The van der Waals surface area contributed by atoms with Gasteiger partial charge in [0.05, 0.1) is 23.2 Å². The number of allylic oxidation sites excluding steroid dienone is 4. The third kappa shape index (κ3) is 5.88. The Morgan fingerprint density at radius 3 is 2.73 bits per heavy atom. The number of rotatable bonds is 10. The number of aromatic nitrogens is 3. The van der Waals surface area contributed by atoms with Crippen LogP contribution in [0.5, 0.6) is 5.88 Å². The molecule has 7 nitrogen and oxygen atoms in total. The van der Waals surface area contributed by atoms with Gasteiger partial charge >= 0.3 is 5.97 Å². The molecule has 41 heavy (non-hydrogen) atoms. The number of carboxylic acids is 1. The van der Waals surface area contributed by atoms with E-state index >= 15 is 8.78 Å². The van der Waals surface area contributed by atoms with E-state index in [0.717, 1.165) is 11.5 Å². The SMILES string of the molecule is COCCn1c(CC2=C(F)CC(C)(c3csnc3OCc3ccc(Cl)cc3F)C=C2F)nc2ccc(C(=O)O)cc21. The van der Waals surface area contributed by atoms with Crippen molar-refractivity contribution >= 4 is 40.1 Å². The van der Waals surface area contributed by atoms with Crippen LogP contribution in [-0.2, 0) is 29.7 Å². The van der Waals surface area contributed by atoms with Gasteiger partial charge < -0.3 is 19.1 Å². The highest BCUT2D eigenvalue weighted by Crippen LogP contribution is 2.45. The number of halogens is 4. The highest BCUT2D eigenvalue weighted by atomic mass is 35.5. The van der Waals surface area contributed by atoms with Crippen LogP contribution in [0, 0.1) is 5.82 Å². The van der Waals surface area contributed by atoms with Gasteiger partial charge in [0.15, 0.2) is 0 Å². The van der Waals surface area contributed by atoms with E-state index in [9.17, 15) is 14.3 Å². The third-order valence-corrected chi connectivity index (χ3v) is 7.89. The summed E-state index contributed by atoms with van der Waals surface area (Å²) in [7, 11) is 1.53. The van der Waals surface area contributed by atoms with Crippen molar-refractivity contribution in [1.82, 2.24) is 13.9 Å². The fourth-order valence-electron chi connectivity index (χ4n) is 4.85. The maximum Gasteiger partial charge on any atom is 0.335 e. The lowest BCUT2D eigenvalue weighted by Crippen LogP contribution is -2.24. The number of hydrogen-bond donors (Lipinski definition) is 1. The van der Waals surface area contributed by atoms with Crippen LogP contribution in [0.25, 0.3) is 11.0 Å². The predicted molar refractivity (Wildman–Crippen MR) is 149 cm³/mol. The van der Waals surface area contributed by atoms with Crippen molar-refractivity contribution < 1.29 is 32.5 Å². The maximum atomic E-state index is 15.7. The fraction of sp³-hybridized carbons (Fsp3) is 0.276. The smallest absolute Gasteiger partial charge is 0.335 e. The molecule has 12 heteroatoms. The number of imidazole rings is 1. The number of fused-ring (bicyclic) bond motifs is 1. The largest absolute Gasteiger partial charge is 0.478 e. The first kappa shape index (κ1) is 28.8. The number of methoxy groups -OCH3 is 1. The normalized spacial score (nSPS) is 17.3. The molecule has 0 saturated heterocycles. The monoisotopic (exact) mass is 603 g/mol. The summed E-state index contributed by atoms with van der Waals surface area (Å²) in [6, 6.07) is 8.72. The van der Waals surface area contributed by atoms with Crippen LogP contribution in [0.3, 0.4) is 0 Å². The van der Waals surface area contributed by atoms with Crippen LogP contribution >= 0.6 is 23.1 Å². The topological polar surface area (TPSA) is 86.5 Å². The van der Waals surface area contributed by atoms with Crippen LogP contribution in [0.2, 0.25) is 5.02 Å². The summed E-state index contributed by atoms with van der Waals surface area (Å²) in [4.78, 5) is 16.0. The lowest BCUT2D eigenvalue weighted by atomic mass is 9.76. The molecule has 0 bridgehead atoms. The van der Waals surface area contributed by atoms with Crippen LogP contribution in [0.4, 0.5) is 13.2 Å². The summed E-state index contributed by atoms with van der Waals surface area (Å²) in [5.41, 5.74) is 0.628. The number of carboxylic acid groups (broad SMARTS) is 1. The van der Waals surface area contributed by atoms with Crippen molar-refractivity contribution in [3.05, 3.63) is 98.4 Å². The molecule has 5 rings (SSSR count). The number of benzene rings is 2. The zero-order valence-corrected chi connectivity index (χ0v) is 23.7. The quantitative estimate of drug-likeness (QED) is 0.206. The van der Waals surface area contributed by atoms with Crippen molar-refractivity contribution in [2.24, 2.45) is 0 Å². The zero-order chi connectivity index (χ0) is 29.3. The minimum absolute atomic E-state index is 0.0775. The molecule has 0 fully saturated rings. The number of ether oxygens (including phenoxy) is 2. The molecule has 1 atom stereocenters. The molecule has 0 spiro atoms. The van der Waals surface area contributed by atoms with Gasteiger partial charge in [-0.25, -0.2) is 22.9 Å². The molecule has 1 unspecified atom stereocenters. The van der Waals surface area contributed by atoms with Gasteiger partial charge in [-0.05, 0) is 47.9 Å². The number of hydrogen-bond acceptors (Lipinski definition) is 6. The van der Waals surface area contributed by atoms with Gasteiger partial charge in [-0.1, -0.05) is 24.6 Å². The zero-order valence-electron chi connectivity index (χ0n) is 22.1. The Hall–Kier alpha value is -3.67. The van der Waals surface area contributed by atoms with Crippen molar-refractivity contribution in [3.8, 4) is 5.88 Å². The van der Waals surface area contributed by atoms with E-state index in [1.807, 2.05) is 0 Å². The van der Waals surface area contributed by atoms with E-state index in [1.165, 1.54) is 37.5 Å². The Bertz CT molecular complexity index is 1700. The molecular weight excluding hydrogens is 579 g/mol. The van der Waals surface area contributed by atoms with E-state index in [0.29, 0.717) is 35.6 Å². The molecule has 1 N–H and O–H groups in total. The van der Waals surface area contributed by atoms with Crippen molar-refractivity contribution in [2.45, 2.75) is 38.3 Å². The summed E-state index contributed by atoms with van der Waals surface area (Å²) in [5, 5.41) is 11.3. The summed E-state index contributed by atoms with van der Waals surface area (Å²) < 4.78 is 62.5. The van der Waals surface area contributed by atoms with E-state index in [-0.39, 0.29) is 47.1 Å². The van der Waals surface area contributed by atoms with Crippen molar-refractivity contribution in [2.75, 3.05) is 13.7 Å². The number of aromatic carboxylic acids is 1. The minimum Gasteiger partial charge on any atom is -0.478 e. The van der Waals surface area contributed by atoms with E-state index < -0.39 is 28.9 Å². The Morgan fingerprint density at radius 1 is 1.22 bits per heavy atom. The van der Waals surface area contributed by atoms with Crippen LogP contribution < -0.4 is 4.74 Å². The van der Waals surface area contributed by atoms with Gasteiger partial charge in [-0.15, -0.1) is 0 Å².